The van der Waals surface area contributed by atoms with Crippen molar-refractivity contribution in [2.75, 3.05) is 31.7 Å². The molecule has 1 atom stereocenters. The highest BCUT2D eigenvalue weighted by molar-refractivity contribution is 5.46. The predicted octanol–water partition coefficient (Wildman–Crippen LogP) is 1.09. The lowest BCUT2D eigenvalue weighted by molar-refractivity contribution is -0.126. The lowest BCUT2D eigenvalue weighted by Gasteiger charge is -2.53. The summed E-state index contributed by atoms with van der Waals surface area (Å²) in [6, 6.07) is 1.84. The van der Waals surface area contributed by atoms with Crippen LogP contribution in [0.5, 0.6) is 11.8 Å². The van der Waals surface area contributed by atoms with Crippen molar-refractivity contribution in [3.8, 4) is 11.8 Å². The van der Waals surface area contributed by atoms with Crippen molar-refractivity contribution < 1.29 is 14.2 Å². The highest BCUT2D eigenvalue weighted by Crippen LogP contribution is 2.37. The second-order valence-corrected chi connectivity index (χ2v) is 6.08. The average Bonchev–Trinajstić information content (AvgIpc) is 2.61. The first-order chi connectivity index (χ1) is 11.8. The molecule has 2 aliphatic rings. The van der Waals surface area contributed by atoms with Gasteiger partial charge >= 0.3 is 0 Å². The third kappa shape index (κ3) is 2.96. The second kappa shape index (κ2) is 6.20. The van der Waals surface area contributed by atoms with Gasteiger partial charge in [0.25, 0.3) is 0 Å². The van der Waals surface area contributed by atoms with E-state index in [2.05, 4.69) is 24.8 Å². The molecule has 0 N–H and O–H groups in total. The van der Waals surface area contributed by atoms with Gasteiger partial charge in [-0.3, -0.25) is 4.98 Å². The van der Waals surface area contributed by atoms with Crippen LogP contribution in [0.3, 0.4) is 0 Å². The van der Waals surface area contributed by atoms with Crippen molar-refractivity contribution in [3.05, 3.63) is 31.0 Å². The molecule has 8 heteroatoms. The minimum Gasteiger partial charge on any atom is -0.481 e. The third-order valence-electron chi connectivity index (χ3n) is 4.39. The minimum atomic E-state index is -0.177. The van der Waals surface area contributed by atoms with Gasteiger partial charge in [0.1, 0.15) is 23.9 Å². The molecule has 4 rings (SSSR count). The first kappa shape index (κ1) is 15.1. The van der Waals surface area contributed by atoms with Crippen molar-refractivity contribution in [1.82, 2.24) is 19.9 Å². The van der Waals surface area contributed by atoms with Crippen molar-refractivity contribution in [3.63, 3.8) is 0 Å². The van der Waals surface area contributed by atoms with Gasteiger partial charge in [-0.15, -0.1) is 0 Å². The zero-order valence-corrected chi connectivity index (χ0v) is 13.5. The van der Waals surface area contributed by atoms with E-state index in [9.17, 15) is 0 Å². The van der Waals surface area contributed by atoms with Crippen LogP contribution >= 0.6 is 0 Å². The van der Waals surface area contributed by atoms with Crippen LogP contribution in [0.1, 0.15) is 12.8 Å². The summed E-state index contributed by atoms with van der Waals surface area (Å²) in [5.41, 5.74) is -0.177. The highest BCUT2D eigenvalue weighted by Gasteiger charge is 2.48. The molecule has 0 amide bonds. The van der Waals surface area contributed by atoms with E-state index in [1.165, 1.54) is 6.33 Å². The molecule has 4 heterocycles. The molecule has 0 bridgehead atoms. The van der Waals surface area contributed by atoms with Crippen molar-refractivity contribution >= 4 is 5.82 Å². The quantitative estimate of drug-likeness (QED) is 0.824. The van der Waals surface area contributed by atoms with Gasteiger partial charge in [0.05, 0.1) is 33.0 Å². The predicted molar refractivity (Wildman–Crippen MR) is 85.2 cm³/mol. The highest BCUT2D eigenvalue weighted by atomic mass is 16.5. The lowest BCUT2D eigenvalue weighted by Crippen LogP contribution is -2.66. The van der Waals surface area contributed by atoms with Crippen LogP contribution in [-0.2, 0) is 4.74 Å². The molecule has 2 aliphatic heterocycles. The van der Waals surface area contributed by atoms with Gasteiger partial charge in [0, 0.05) is 31.3 Å². The average molecular weight is 329 g/mol. The van der Waals surface area contributed by atoms with Crippen LogP contribution in [0.15, 0.2) is 31.0 Å². The SMILES string of the molecule is COc1cc(N2CC3(C[C@H](Oc4cnccn4)CCO3)C2)ncn1. The Morgan fingerprint density at radius 2 is 2.12 bits per heavy atom. The van der Waals surface area contributed by atoms with E-state index in [0.29, 0.717) is 18.4 Å². The molecule has 126 valence electrons. The number of rotatable bonds is 4. The van der Waals surface area contributed by atoms with Crippen LogP contribution in [0, 0.1) is 0 Å². The molecule has 2 fully saturated rings. The molecule has 0 radical (unpaired) electrons. The Balaban J connectivity index is 1.38. The van der Waals surface area contributed by atoms with Crippen molar-refractivity contribution in [1.29, 1.82) is 0 Å². The smallest absolute Gasteiger partial charge is 0.232 e. The summed E-state index contributed by atoms with van der Waals surface area (Å²) in [6.45, 7) is 2.26. The van der Waals surface area contributed by atoms with Crippen LogP contribution in [0.2, 0.25) is 0 Å². The molecule has 0 aliphatic carbocycles. The number of aromatic nitrogens is 4. The van der Waals surface area contributed by atoms with E-state index in [0.717, 1.165) is 31.7 Å². The monoisotopic (exact) mass is 329 g/mol. The number of ether oxygens (including phenoxy) is 3. The van der Waals surface area contributed by atoms with E-state index < -0.39 is 0 Å². The Hall–Kier alpha value is -2.48. The normalized spacial score (nSPS) is 22.0. The fourth-order valence-corrected chi connectivity index (χ4v) is 3.25. The number of hydrogen-bond donors (Lipinski definition) is 0. The third-order valence-corrected chi connectivity index (χ3v) is 4.39. The maximum atomic E-state index is 6.05. The lowest BCUT2D eigenvalue weighted by atomic mass is 9.84. The first-order valence-corrected chi connectivity index (χ1v) is 7.94. The van der Waals surface area contributed by atoms with Crippen LogP contribution < -0.4 is 14.4 Å². The molecule has 0 aromatic carbocycles. The zero-order valence-electron chi connectivity index (χ0n) is 13.5. The Morgan fingerprint density at radius 1 is 1.21 bits per heavy atom. The second-order valence-electron chi connectivity index (χ2n) is 6.08. The summed E-state index contributed by atoms with van der Waals surface area (Å²) in [6.07, 6.45) is 8.22. The topological polar surface area (TPSA) is 82.5 Å². The maximum Gasteiger partial charge on any atom is 0.232 e. The largest absolute Gasteiger partial charge is 0.481 e. The first-order valence-electron chi connectivity index (χ1n) is 7.94. The van der Waals surface area contributed by atoms with Gasteiger partial charge in [0.2, 0.25) is 11.8 Å². The minimum absolute atomic E-state index is 0.0949. The number of hydrogen-bond acceptors (Lipinski definition) is 8. The van der Waals surface area contributed by atoms with E-state index in [-0.39, 0.29) is 11.7 Å². The fourth-order valence-electron chi connectivity index (χ4n) is 3.25. The molecule has 8 nitrogen and oxygen atoms in total. The molecule has 2 aromatic rings. The van der Waals surface area contributed by atoms with Gasteiger partial charge < -0.3 is 19.1 Å². The molecule has 1 spiro atoms. The van der Waals surface area contributed by atoms with Crippen LogP contribution in [-0.4, -0.2) is 58.4 Å². The van der Waals surface area contributed by atoms with E-state index in [1.54, 1.807) is 25.7 Å². The summed E-state index contributed by atoms with van der Waals surface area (Å²) >= 11 is 0. The van der Waals surface area contributed by atoms with Gasteiger partial charge in [-0.25, -0.2) is 15.0 Å². The van der Waals surface area contributed by atoms with E-state index >= 15 is 0 Å². The fraction of sp³-hybridized carbons (Fsp3) is 0.500. The van der Waals surface area contributed by atoms with Crippen LogP contribution in [0.25, 0.3) is 0 Å². The van der Waals surface area contributed by atoms with Crippen molar-refractivity contribution in [2.24, 2.45) is 0 Å². The standard InChI is InChI=1S/C16H19N5O3/c1-22-14-6-13(19-11-20-14)21-9-16(10-21)7-12(2-5-23-16)24-15-8-17-3-4-18-15/h3-4,6,8,11-12H,2,5,7,9-10H2,1H3/t12-/m1/s1. The van der Waals surface area contributed by atoms with Gasteiger partial charge in [-0.05, 0) is 0 Å². The number of anilines is 1. The van der Waals surface area contributed by atoms with Gasteiger partial charge in [-0.2, -0.15) is 0 Å². The van der Waals surface area contributed by atoms with Crippen LogP contribution in [0.4, 0.5) is 5.82 Å². The van der Waals surface area contributed by atoms with Crippen molar-refractivity contribution in [2.45, 2.75) is 24.5 Å². The molecule has 24 heavy (non-hydrogen) atoms. The van der Waals surface area contributed by atoms with Gasteiger partial charge in [0.15, 0.2) is 0 Å². The maximum absolute atomic E-state index is 6.05. The Morgan fingerprint density at radius 3 is 2.92 bits per heavy atom. The van der Waals surface area contributed by atoms with E-state index in [4.69, 9.17) is 14.2 Å². The molecule has 0 saturated carbocycles. The summed E-state index contributed by atoms with van der Waals surface area (Å²) in [7, 11) is 1.60. The summed E-state index contributed by atoms with van der Waals surface area (Å²) in [5, 5.41) is 0. The molecule has 2 saturated heterocycles. The Kier molecular flexibility index (Phi) is 3.89. The summed E-state index contributed by atoms with van der Waals surface area (Å²) in [4.78, 5) is 18.7. The number of methoxy groups -OCH3 is 1. The van der Waals surface area contributed by atoms with Gasteiger partial charge in [-0.1, -0.05) is 0 Å². The zero-order chi connectivity index (χ0) is 16.4. The Labute approximate surface area is 139 Å². The summed E-state index contributed by atoms with van der Waals surface area (Å²) in [5.74, 6) is 1.98. The summed E-state index contributed by atoms with van der Waals surface area (Å²) < 4.78 is 17.1. The Bertz CT molecular complexity index is 693. The molecule has 0 unspecified atom stereocenters. The van der Waals surface area contributed by atoms with E-state index in [1.807, 2.05) is 6.07 Å². The number of nitrogens with zero attached hydrogens (tertiary/aromatic N) is 5. The molecule has 2 aromatic heterocycles. The molecular weight excluding hydrogens is 310 g/mol. The molecular formula is C16H19N5O3.